The summed E-state index contributed by atoms with van der Waals surface area (Å²) in [4.78, 5) is 8.06. The van der Waals surface area contributed by atoms with Crippen molar-refractivity contribution >= 4 is 11.6 Å². The molecule has 0 unspecified atom stereocenters. The van der Waals surface area contributed by atoms with Gasteiger partial charge < -0.3 is 4.74 Å². The Kier molecular flexibility index (Phi) is 3.54. The Morgan fingerprint density at radius 2 is 2.12 bits per heavy atom. The van der Waals surface area contributed by atoms with E-state index in [0.29, 0.717) is 23.2 Å². The zero-order valence-electron chi connectivity index (χ0n) is 9.15. The Morgan fingerprint density at radius 1 is 1.29 bits per heavy atom. The first-order chi connectivity index (χ1) is 8.19. The number of halogens is 2. The lowest BCUT2D eigenvalue weighted by molar-refractivity contribution is 0.451. The summed E-state index contributed by atoms with van der Waals surface area (Å²) in [5.41, 5.74) is 1.49. The molecule has 5 heteroatoms. The number of alkyl halides is 1. The Balaban J connectivity index is 2.22. The molecule has 0 amide bonds. The van der Waals surface area contributed by atoms with Crippen LogP contribution < -0.4 is 4.74 Å². The van der Waals surface area contributed by atoms with Crippen molar-refractivity contribution in [2.75, 3.05) is 0 Å². The SMILES string of the molecule is Cc1ccc(F)cc1Oc1cnc(CCl)cn1. The highest BCUT2D eigenvalue weighted by Crippen LogP contribution is 2.23. The standard InChI is InChI=1S/C12H10ClFN2O/c1-8-2-3-9(14)4-11(8)17-12-7-15-10(5-13)6-16-12/h2-4,6-7H,5H2,1H3. The van der Waals surface area contributed by atoms with Gasteiger partial charge in [0.1, 0.15) is 11.6 Å². The van der Waals surface area contributed by atoms with Crippen molar-refractivity contribution in [1.82, 2.24) is 9.97 Å². The monoisotopic (exact) mass is 252 g/mol. The summed E-state index contributed by atoms with van der Waals surface area (Å²) >= 11 is 5.59. The highest BCUT2D eigenvalue weighted by Gasteiger charge is 2.04. The molecule has 17 heavy (non-hydrogen) atoms. The number of hydrogen-bond donors (Lipinski definition) is 0. The lowest BCUT2D eigenvalue weighted by atomic mass is 10.2. The van der Waals surface area contributed by atoms with Gasteiger partial charge in [0.15, 0.2) is 0 Å². The van der Waals surface area contributed by atoms with E-state index in [0.717, 1.165) is 5.56 Å². The van der Waals surface area contributed by atoms with Crippen LogP contribution in [0.2, 0.25) is 0 Å². The van der Waals surface area contributed by atoms with Gasteiger partial charge in [-0.15, -0.1) is 11.6 Å². The molecule has 0 aliphatic rings. The van der Waals surface area contributed by atoms with Gasteiger partial charge in [0.2, 0.25) is 5.88 Å². The smallest absolute Gasteiger partial charge is 0.237 e. The molecule has 1 aromatic carbocycles. The maximum absolute atomic E-state index is 13.0. The van der Waals surface area contributed by atoms with Crippen molar-refractivity contribution in [3.8, 4) is 11.6 Å². The average Bonchev–Trinajstić information content (AvgIpc) is 2.35. The van der Waals surface area contributed by atoms with E-state index < -0.39 is 0 Å². The van der Waals surface area contributed by atoms with Crippen LogP contribution in [0.25, 0.3) is 0 Å². The lowest BCUT2D eigenvalue weighted by Gasteiger charge is -2.07. The highest BCUT2D eigenvalue weighted by atomic mass is 35.5. The topological polar surface area (TPSA) is 35.0 Å². The molecule has 0 atom stereocenters. The van der Waals surface area contributed by atoms with Gasteiger partial charge in [-0.2, -0.15) is 0 Å². The van der Waals surface area contributed by atoms with Gasteiger partial charge >= 0.3 is 0 Å². The fraction of sp³-hybridized carbons (Fsp3) is 0.167. The minimum Gasteiger partial charge on any atom is -0.437 e. The number of hydrogen-bond acceptors (Lipinski definition) is 3. The maximum atomic E-state index is 13.0. The van der Waals surface area contributed by atoms with E-state index >= 15 is 0 Å². The van der Waals surface area contributed by atoms with E-state index in [1.807, 2.05) is 6.92 Å². The van der Waals surface area contributed by atoms with Gasteiger partial charge in [-0.25, -0.2) is 9.37 Å². The molecule has 0 aliphatic heterocycles. The third-order valence-electron chi connectivity index (χ3n) is 2.18. The molecule has 88 valence electrons. The van der Waals surface area contributed by atoms with Crippen LogP contribution in [-0.2, 0) is 5.88 Å². The molecular weight excluding hydrogens is 243 g/mol. The van der Waals surface area contributed by atoms with Gasteiger partial charge in [-0.3, -0.25) is 4.98 Å². The molecule has 1 aromatic heterocycles. The Morgan fingerprint density at radius 3 is 2.76 bits per heavy atom. The summed E-state index contributed by atoms with van der Waals surface area (Å²) in [6.07, 6.45) is 2.99. The third kappa shape index (κ3) is 2.91. The molecule has 0 saturated heterocycles. The van der Waals surface area contributed by atoms with Crippen LogP contribution in [-0.4, -0.2) is 9.97 Å². The van der Waals surface area contributed by atoms with Crippen LogP contribution in [0.15, 0.2) is 30.6 Å². The first-order valence-corrected chi connectivity index (χ1v) is 5.53. The summed E-state index contributed by atoms with van der Waals surface area (Å²) in [6, 6.07) is 4.34. The predicted molar refractivity (Wildman–Crippen MR) is 62.8 cm³/mol. The molecule has 2 aromatic rings. The Bertz CT molecular complexity index is 516. The Hall–Kier alpha value is -1.68. The molecule has 3 nitrogen and oxygen atoms in total. The van der Waals surface area contributed by atoms with E-state index in [-0.39, 0.29) is 5.82 Å². The molecule has 0 radical (unpaired) electrons. The number of aromatic nitrogens is 2. The van der Waals surface area contributed by atoms with Crippen molar-refractivity contribution < 1.29 is 9.13 Å². The van der Waals surface area contributed by atoms with Crippen molar-refractivity contribution in [3.63, 3.8) is 0 Å². The van der Waals surface area contributed by atoms with E-state index in [4.69, 9.17) is 16.3 Å². The summed E-state index contributed by atoms with van der Waals surface area (Å²) in [6.45, 7) is 1.83. The molecule has 0 fully saturated rings. The molecule has 0 N–H and O–H groups in total. The fourth-order valence-electron chi connectivity index (χ4n) is 1.26. The van der Waals surface area contributed by atoms with E-state index in [9.17, 15) is 4.39 Å². The third-order valence-corrected chi connectivity index (χ3v) is 2.46. The first-order valence-electron chi connectivity index (χ1n) is 5.00. The molecular formula is C12H10ClFN2O. The van der Waals surface area contributed by atoms with E-state index in [2.05, 4.69) is 9.97 Å². The normalized spacial score (nSPS) is 10.3. The van der Waals surface area contributed by atoms with Crippen molar-refractivity contribution in [1.29, 1.82) is 0 Å². The van der Waals surface area contributed by atoms with E-state index in [1.165, 1.54) is 24.5 Å². The quantitative estimate of drug-likeness (QED) is 0.785. The zero-order valence-corrected chi connectivity index (χ0v) is 9.91. The Labute approximate surface area is 103 Å². The van der Waals surface area contributed by atoms with Gasteiger partial charge in [-0.1, -0.05) is 6.07 Å². The molecule has 0 aliphatic carbocycles. The number of nitrogens with zero attached hydrogens (tertiary/aromatic N) is 2. The van der Waals surface area contributed by atoms with Crippen LogP contribution >= 0.6 is 11.6 Å². The van der Waals surface area contributed by atoms with Crippen LogP contribution in [0.5, 0.6) is 11.6 Å². The second kappa shape index (κ2) is 5.10. The largest absolute Gasteiger partial charge is 0.437 e. The number of ether oxygens (including phenoxy) is 1. The first kappa shape index (κ1) is 11.8. The van der Waals surface area contributed by atoms with Gasteiger partial charge in [-0.05, 0) is 18.6 Å². The summed E-state index contributed by atoms with van der Waals surface area (Å²) in [5, 5.41) is 0. The predicted octanol–water partition coefficient (Wildman–Crippen LogP) is 3.46. The average molecular weight is 253 g/mol. The molecule has 0 saturated carbocycles. The summed E-state index contributed by atoms with van der Waals surface area (Å²) < 4.78 is 18.5. The summed E-state index contributed by atoms with van der Waals surface area (Å²) in [7, 11) is 0. The molecule has 0 spiro atoms. The number of aryl methyl sites for hydroxylation is 1. The van der Waals surface area contributed by atoms with Crippen LogP contribution in [0, 0.1) is 12.7 Å². The van der Waals surface area contributed by atoms with Crippen molar-refractivity contribution in [2.45, 2.75) is 12.8 Å². The molecule has 1 heterocycles. The van der Waals surface area contributed by atoms with Crippen LogP contribution in [0.1, 0.15) is 11.3 Å². The second-order valence-electron chi connectivity index (χ2n) is 3.49. The highest BCUT2D eigenvalue weighted by molar-refractivity contribution is 6.16. The maximum Gasteiger partial charge on any atom is 0.237 e. The lowest BCUT2D eigenvalue weighted by Crippen LogP contribution is -1.94. The minimum absolute atomic E-state index is 0.298. The second-order valence-corrected chi connectivity index (χ2v) is 3.76. The van der Waals surface area contributed by atoms with Gasteiger partial charge in [0, 0.05) is 6.07 Å². The molecule has 2 rings (SSSR count). The summed E-state index contributed by atoms with van der Waals surface area (Å²) in [5.74, 6) is 0.688. The van der Waals surface area contributed by atoms with Crippen molar-refractivity contribution in [3.05, 3.63) is 47.7 Å². The number of benzene rings is 1. The molecule has 0 bridgehead atoms. The zero-order chi connectivity index (χ0) is 12.3. The van der Waals surface area contributed by atoms with Gasteiger partial charge in [0.05, 0.1) is 24.0 Å². The minimum atomic E-state index is -0.351. The fourth-order valence-corrected chi connectivity index (χ4v) is 1.40. The van der Waals surface area contributed by atoms with E-state index in [1.54, 1.807) is 6.07 Å². The van der Waals surface area contributed by atoms with Crippen molar-refractivity contribution in [2.24, 2.45) is 0 Å². The number of rotatable bonds is 3. The van der Waals surface area contributed by atoms with Gasteiger partial charge in [0.25, 0.3) is 0 Å². The van der Waals surface area contributed by atoms with Crippen LogP contribution in [0.3, 0.4) is 0 Å². The van der Waals surface area contributed by atoms with Crippen LogP contribution in [0.4, 0.5) is 4.39 Å².